The first-order chi connectivity index (χ1) is 5.34. The van der Waals surface area contributed by atoms with Crippen molar-refractivity contribution in [3.05, 3.63) is 11.2 Å². The van der Waals surface area contributed by atoms with Gasteiger partial charge in [0.05, 0.1) is 0 Å². The van der Waals surface area contributed by atoms with E-state index in [0.29, 0.717) is 5.16 Å². The Labute approximate surface area is 70.8 Å². The van der Waals surface area contributed by atoms with Gasteiger partial charge in [-0.15, -0.1) is 0 Å². The van der Waals surface area contributed by atoms with E-state index in [1.165, 1.54) is 0 Å². The molecule has 0 saturated carbocycles. The number of hydrogen-bond donors (Lipinski definition) is 2. The predicted molar refractivity (Wildman–Crippen MR) is 44.6 cm³/mol. The maximum atomic E-state index is 5.76. The van der Waals surface area contributed by atoms with Crippen LogP contribution in [-0.2, 0) is 0 Å². The molecule has 0 atom stereocenters. The summed E-state index contributed by atoms with van der Waals surface area (Å²) in [6.45, 7) is 2.93. The first kappa shape index (κ1) is 8.36. The molecule has 0 unspecified atom stereocenters. The first-order valence-electron chi connectivity index (χ1n) is 3.45. The molecule has 0 saturated heterocycles. The van der Waals surface area contributed by atoms with E-state index in [1.807, 2.05) is 0 Å². The SMILES string of the molecule is CCCNN1NN=[C]C=C1Cl. The van der Waals surface area contributed by atoms with Crippen molar-refractivity contribution in [3.8, 4) is 0 Å². The minimum atomic E-state index is 0.536. The van der Waals surface area contributed by atoms with Crippen LogP contribution < -0.4 is 11.0 Å². The van der Waals surface area contributed by atoms with Crippen LogP contribution in [0, 0.1) is 0 Å². The van der Waals surface area contributed by atoms with E-state index in [2.05, 4.69) is 29.2 Å². The quantitative estimate of drug-likeness (QED) is 0.617. The van der Waals surface area contributed by atoms with Crippen LogP contribution in [0.15, 0.2) is 16.3 Å². The van der Waals surface area contributed by atoms with E-state index in [1.54, 1.807) is 11.2 Å². The molecular formula is C6H10ClN4. The van der Waals surface area contributed by atoms with E-state index < -0.39 is 0 Å². The Hall–Kier alpha value is -0.740. The molecule has 4 nitrogen and oxygen atoms in total. The van der Waals surface area contributed by atoms with Crippen LogP contribution in [0.2, 0.25) is 0 Å². The summed E-state index contributed by atoms with van der Waals surface area (Å²) in [4.78, 5) is 0. The third-order valence-corrected chi connectivity index (χ3v) is 1.41. The van der Waals surface area contributed by atoms with E-state index in [-0.39, 0.29) is 0 Å². The maximum Gasteiger partial charge on any atom is 0.145 e. The highest BCUT2D eigenvalue weighted by atomic mass is 35.5. The summed E-state index contributed by atoms with van der Waals surface area (Å²) in [7, 11) is 0. The summed E-state index contributed by atoms with van der Waals surface area (Å²) in [5.74, 6) is 0. The van der Waals surface area contributed by atoms with Crippen LogP contribution in [-0.4, -0.2) is 17.9 Å². The molecule has 1 rings (SSSR count). The topological polar surface area (TPSA) is 39.7 Å². The van der Waals surface area contributed by atoms with Gasteiger partial charge in [-0.3, -0.25) is 0 Å². The number of hydrogen-bond acceptors (Lipinski definition) is 4. The van der Waals surface area contributed by atoms with Crippen LogP contribution in [0.3, 0.4) is 0 Å². The van der Waals surface area contributed by atoms with Crippen molar-refractivity contribution in [2.45, 2.75) is 13.3 Å². The van der Waals surface area contributed by atoms with Gasteiger partial charge in [-0.25, -0.2) is 11.0 Å². The molecule has 1 heterocycles. The average Bonchev–Trinajstić information content (AvgIpc) is 2.03. The van der Waals surface area contributed by atoms with Crippen molar-refractivity contribution in [3.63, 3.8) is 0 Å². The first-order valence-corrected chi connectivity index (χ1v) is 3.82. The fourth-order valence-electron chi connectivity index (χ4n) is 0.611. The summed E-state index contributed by atoms with van der Waals surface area (Å²) < 4.78 is 0. The van der Waals surface area contributed by atoms with Gasteiger partial charge in [-0.2, -0.15) is 10.2 Å². The fraction of sp³-hybridized carbons (Fsp3) is 0.500. The molecule has 1 radical (unpaired) electrons. The monoisotopic (exact) mass is 173 g/mol. The lowest BCUT2D eigenvalue weighted by Gasteiger charge is -2.23. The van der Waals surface area contributed by atoms with Crippen molar-refractivity contribution >= 4 is 17.8 Å². The zero-order chi connectivity index (χ0) is 8.10. The molecule has 0 fully saturated rings. The van der Waals surface area contributed by atoms with Gasteiger partial charge in [-0.05, 0) is 6.42 Å². The molecule has 2 N–H and O–H groups in total. The van der Waals surface area contributed by atoms with Crippen LogP contribution in [0.25, 0.3) is 0 Å². The third kappa shape index (κ3) is 2.40. The number of hydrazine groups is 2. The molecule has 11 heavy (non-hydrogen) atoms. The smallest absolute Gasteiger partial charge is 0.145 e. The third-order valence-electron chi connectivity index (χ3n) is 1.13. The lowest BCUT2D eigenvalue weighted by molar-refractivity contribution is 0.180. The Kier molecular flexibility index (Phi) is 3.19. The van der Waals surface area contributed by atoms with Gasteiger partial charge in [0.15, 0.2) is 0 Å². The highest BCUT2D eigenvalue weighted by molar-refractivity contribution is 6.30. The lowest BCUT2D eigenvalue weighted by atomic mass is 10.5. The van der Waals surface area contributed by atoms with Crippen molar-refractivity contribution in [1.29, 1.82) is 0 Å². The number of allylic oxidation sites excluding steroid dienone is 1. The molecular weight excluding hydrogens is 164 g/mol. The molecule has 0 aromatic carbocycles. The van der Waals surface area contributed by atoms with E-state index in [9.17, 15) is 0 Å². The summed E-state index contributed by atoms with van der Waals surface area (Å²) in [6, 6.07) is 0. The summed E-state index contributed by atoms with van der Waals surface area (Å²) in [5.41, 5.74) is 5.65. The summed E-state index contributed by atoms with van der Waals surface area (Å²) in [5, 5.41) is 5.74. The van der Waals surface area contributed by atoms with Gasteiger partial charge in [0.1, 0.15) is 11.4 Å². The van der Waals surface area contributed by atoms with Crippen molar-refractivity contribution in [2.75, 3.05) is 6.54 Å². The van der Waals surface area contributed by atoms with E-state index >= 15 is 0 Å². The Morgan fingerprint density at radius 1 is 1.91 bits per heavy atom. The Balaban J connectivity index is 2.35. The number of rotatable bonds is 3. The standard InChI is InChI=1S/C6H10ClN4/c1-2-4-9-11-6(7)3-5-8-10-11/h3,9-10H,2,4H2,1H3. The molecule has 0 bridgehead atoms. The summed E-state index contributed by atoms with van der Waals surface area (Å²) in [6.07, 6.45) is 5.20. The Morgan fingerprint density at radius 3 is 3.36 bits per heavy atom. The van der Waals surface area contributed by atoms with Crippen molar-refractivity contribution < 1.29 is 0 Å². The van der Waals surface area contributed by atoms with Gasteiger partial charge in [0, 0.05) is 12.6 Å². The van der Waals surface area contributed by atoms with Gasteiger partial charge in [0.2, 0.25) is 0 Å². The molecule has 0 amide bonds. The summed E-state index contributed by atoms with van der Waals surface area (Å²) >= 11 is 5.76. The molecule has 1 aliphatic rings. The zero-order valence-corrected chi connectivity index (χ0v) is 7.02. The van der Waals surface area contributed by atoms with Gasteiger partial charge < -0.3 is 0 Å². The second-order valence-electron chi connectivity index (χ2n) is 2.05. The second kappa shape index (κ2) is 4.20. The molecule has 1 aliphatic heterocycles. The number of hydrazone groups is 1. The highest BCUT2D eigenvalue weighted by Gasteiger charge is 2.06. The number of halogens is 1. The van der Waals surface area contributed by atoms with E-state index in [4.69, 9.17) is 11.6 Å². The second-order valence-corrected chi connectivity index (χ2v) is 2.44. The van der Waals surface area contributed by atoms with Gasteiger partial charge in [0.25, 0.3) is 0 Å². The molecule has 5 heteroatoms. The minimum absolute atomic E-state index is 0.536. The fourth-order valence-corrected chi connectivity index (χ4v) is 0.758. The van der Waals surface area contributed by atoms with Crippen LogP contribution in [0.4, 0.5) is 0 Å². The van der Waals surface area contributed by atoms with Gasteiger partial charge in [-0.1, -0.05) is 18.5 Å². The number of nitrogens with zero attached hydrogens (tertiary/aromatic N) is 2. The minimum Gasteiger partial charge on any atom is -0.213 e. The molecule has 61 valence electrons. The Bertz CT molecular complexity index is 177. The van der Waals surface area contributed by atoms with Crippen molar-refractivity contribution in [1.82, 2.24) is 16.1 Å². The van der Waals surface area contributed by atoms with Crippen LogP contribution >= 0.6 is 11.6 Å². The highest BCUT2D eigenvalue weighted by Crippen LogP contribution is 2.04. The molecule has 0 aromatic rings. The molecule has 0 aromatic heterocycles. The van der Waals surface area contributed by atoms with Gasteiger partial charge >= 0.3 is 0 Å². The van der Waals surface area contributed by atoms with E-state index in [0.717, 1.165) is 13.0 Å². The average molecular weight is 174 g/mol. The number of nitrogens with one attached hydrogen (secondary N) is 2. The normalized spacial score (nSPS) is 16.2. The maximum absolute atomic E-state index is 5.76. The predicted octanol–water partition coefficient (Wildman–Crippen LogP) is 0.664. The zero-order valence-electron chi connectivity index (χ0n) is 6.26. The Morgan fingerprint density at radius 2 is 2.73 bits per heavy atom. The van der Waals surface area contributed by atoms with Crippen LogP contribution in [0.1, 0.15) is 13.3 Å². The largest absolute Gasteiger partial charge is 0.213 e. The van der Waals surface area contributed by atoms with Crippen molar-refractivity contribution in [2.24, 2.45) is 5.10 Å². The van der Waals surface area contributed by atoms with Crippen LogP contribution in [0.5, 0.6) is 0 Å². The molecule has 0 spiro atoms. The lowest BCUT2D eigenvalue weighted by Crippen LogP contribution is -2.45. The molecule has 0 aliphatic carbocycles.